The Morgan fingerprint density at radius 1 is 1.45 bits per heavy atom. The Hall–Kier alpha value is -1.53. The molecule has 0 atom stereocenters. The van der Waals surface area contributed by atoms with Crippen LogP contribution in [0.5, 0.6) is 0 Å². The molecule has 22 heavy (non-hydrogen) atoms. The largest absolute Gasteiger partial charge is 0.461 e. The van der Waals surface area contributed by atoms with Crippen LogP contribution in [0.1, 0.15) is 17.4 Å². The fourth-order valence-corrected chi connectivity index (χ4v) is 3.07. The third-order valence-electron chi connectivity index (χ3n) is 2.95. The summed E-state index contributed by atoms with van der Waals surface area (Å²) in [5.74, 6) is -0.342. The Morgan fingerprint density at radius 2 is 2.18 bits per heavy atom. The Kier molecular flexibility index (Phi) is 5.48. The summed E-state index contributed by atoms with van der Waals surface area (Å²) >= 11 is 4.71. The quantitative estimate of drug-likeness (QED) is 0.438. The van der Waals surface area contributed by atoms with E-state index in [1.54, 1.807) is 6.92 Å². The zero-order valence-electron chi connectivity index (χ0n) is 12.3. The molecule has 2 radical (unpaired) electrons. The van der Waals surface area contributed by atoms with Crippen LogP contribution in [0.15, 0.2) is 47.5 Å². The summed E-state index contributed by atoms with van der Waals surface area (Å²) in [6.45, 7) is 10.4. The van der Waals surface area contributed by atoms with Gasteiger partial charge in [0.15, 0.2) is 0 Å². The van der Waals surface area contributed by atoms with E-state index < -0.39 is 0 Å². The van der Waals surface area contributed by atoms with Gasteiger partial charge in [0, 0.05) is 11.0 Å². The van der Waals surface area contributed by atoms with Crippen molar-refractivity contribution in [3.63, 3.8) is 0 Å². The molecule has 0 saturated heterocycles. The Labute approximate surface area is 143 Å². The average Bonchev–Trinajstić information content (AvgIpc) is 2.94. The summed E-state index contributed by atoms with van der Waals surface area (Å²) in [5, 5.41) is 0. The van der Waals surface area contributed by atoms with Crippen LogP contribution < -0.4 is 4.78 Å². The predicted octanol–water partition coefficient (Wildman–Crippen LogP) is 3.69. The van der Waals surface area contributed by atoms with Gasteiger partial charge in [-0.2, -0.15) is 11.3 Å². The molecular formula is C16H15BBrNO2S. The maximum absolute atomic E-state index is 12.1. The number of aromatic nitrogens is 1. The molecule has 112 valence electrons. The molecule has 0 spiro atoms. The second-order valence-corrected chi connectivity index (χ2v) is 6.81. The number of halogens is 1. The second kappa shape index (κ2) is 7.16. The Bertz CT molecular complexity index is 773. The fourth-order valence-electron chi connectivity index (χ4n) is 2.07. The number of ether oxygens (including phenoxy) is 1. The SMILES string of the molecule is [B]c1cc2c(cc(C(=O)OCC)n2CC(=C)/C=C\C(=C)Br)s1. The van der Waals surface area contributed by atoms with Crippen LogP contribution in [-0.4, -0.2) is 25.0 Å². The smallest absolute Gasteiger partial charge is 0.355 e. The van der Waals surface area contributed by atoms with Gasteiger partial charge in [0.2, 0.25) is 0 Å². The highest BCUT2D eigenvalue weighted by atomic mass is 79.9. The molecule has 0 fully saturated rings. The number of esters is 1. The molecule has 3 nitrogen and oxygen atoms in total. The first kappa shape index (κ1) is 16.8. The summed E-state index contributed by atoms with van der Waals surface area (Å²) in [4.78, 5) is 12.1. The lowest BCUT2D eigenvalue weighted by Crippen LogP contribution is -2.13. The number of hydrogen-bond acceptors (Lipinski definition) is 3. The van der Waals surface area contributed by atoms with E-state index in [-0.39, 0.29) is 5.97 Å². The zero-order valence-corrected chi connectivity index (χ0v) is 14.7. The van der Waals surface area contributed by atoms with E-state index in [2.05, 4.69) is 29.1 Å². The third-order valence-corrected chi connectivity index (χ3v) is 4.12. The molecule has 2 aromatic heterocycles. The normalized spacial score (nSPS) is 11.2. The molecule has 0 aliphatic heterocycles. The third kappa shape index (κ3) is 3.81. The molecule has 0 aromatic carbocycles. The van der Waals surface area contributed by atoms with Crippen molar-refractivity contribution in [1.82, 2.24) is 4.57 Å². The summed E-state index contributed by atoms with van der Waals surface area (Å²) in [5.41, 5.74) is 2.27. The average molecular weight is 376 g/mol. The molecule has 0 amide bonds. The second-order valence-electron chi connectivity index (χ2n) is 4.67. The lowest BCUT2D eigenvalue weighted by Gasteiger charge is -2.10. The number of carbonyl (C=O) groups excluding carboxylic acids is 1. The maximum atomic E-state index is 12.1. The summed E-state index contributed by atoms with van der Waals surface area (Å²) < 4.78 is 9.43. The highest BCUT2D eigenvalue weighted by Crippen LogP contribution is 2.25. The number of rotatable bonds is 6. The van der Waals surface area contributed by atoms with Crippen LogP contribution in [0.2, 0.25) is 0 Å². The van der Waals surface area contributed by atoms with Gasteiger partial charge in [-0.3, -0.25) is 0 Å². The first-order valence-corrected chi connectivity index (χ1v) is 8.29. The minimum atomic E-state index is -0.342. The zero-order chi connectivity index (χ0) is 16.3. The molecule has 2 heterocycles. The fraction of sp³-hybridized carbons (Fsp3) is 0.188. The van der Waals surface area contributed by atoms with E-state index in [1.807, 2.05) is 28.9 Å². The highest BCUT2D eigenvalue weighted by Gasteiger charge is 2.18. The van der Waals surface area contributed by atoms with Crippen molar-refractivity contribution in [1.29, 1.82) is 0 Å². The Balaban J connectivity index is 2.39. The van der Waals surface area contributed by atoms with Crippen molar-refractivity contribution in [2.75, 3.05) is 6.61 Å². The van der Waals surface area contributed by atoms with Crippen LogP contribution in [-0.2, 0) is 11.3 Å². The first-order valence-electron chi connectivity index (χ1n) is 6.68. The number of carbonyl (C=O) groups is 1. The van der Waals surface area contributed by atoms with Gasteiger partial charge in [-0.05, 0) is 35.5 Å². The van der Waals surface area contributed by atoms with E-state index in [1.165, 1.54) is 11.3 Å². The van der Waals surface area contributed by atoms with E-state index >= 15 is 0 Å². The van der Waals surface area contributed by atoms with Gasteiger partial charge in [0.05, 0.1) is 16.8 Å². The van der Waals surface area contributed by atoms with E-state index in [4.69, 9.17) is 12.6 Å². The first-order chi connectivity index (χ1) is 10.4. The number of fused-ring (bicyclic) bond motifs is 1. The minimum Gasteiger partial charge on any atom is -0.461 e. The number of hydrogen-bond donors (Lipinski definition) is 0. The summed E-state index contributed by atoms with van der Waals surface area (Å²) in [6.07, 6.45) is 3.67. The molecule has 2 rings (SSSR count). The van der Waals surface area contributed by atoms with Crippen molar-refractivity contribution < 1.29 is 9.53 Å². The standard InChI is InChI=1S/C16H15BBrNO2S/c1-4-21-16(20)13-7-14-12(8-15(17)22-14)19(13)9-10(2)5-6-11(3)18/h5-8H,2-4,9H2,1H3/b6-5-. The van der Waals surface area contributed by atoms with Gasteiger partial charge in [0.25, 0.3) is 0 Å². The van der Waals surface area contributed by atoms with Gasteiger partial charge in [0.1, 0.15) is 13.5 Å². The number of thiophene rings is 1. The van der Waals surface area contributed by atoms with Crippen LogP contribution in [0.3, 0.4) is 0 Å². The van der Waals surface area contributed by atoms with Gasteiger partial charge < -0.3 is 9.30 Å². The highest BCUT2D eigenvalue weighted by molar-refractivity contribution is 9.11. The van der Waals surface area contributed by atoms with Crippen LogP contribution in [0.25, 0.3) is 10.2 Å². The molecular weight excluding hydrogens is 361 g/mol. The van der Waals surface area contributed by atoms with E-state index in [9.17, 15) is 4.79 Å². The van der Waals surface area contributed by atoms with Crippen molar-refractivity contribution in [2.45, 2.75) is 13.5 Å². The lowest BCUT2D eigenvalue weighted by atomic mass is 10.1. The number of allylic oxidation sites excluding steroid dienone is 4. The van der Waals surface area contributed by atoms with Gasteiger partial charge in [-0.15, -0.1) is 0 Å². The van der Waals surface area contributed by atoms with Gasteiger partial charge >= 0.3 is 5.97 Å². The summed E-state index contributed by atoms with van der Waals surface area (Å²) in [7, 11) is 5.85. The van der Waals surface area contributed by atoms with Crippen LogP contribution in [0.4, 0.5) is 0 Å². The molecule has 0 aliphatic rings. The lowest BCUT2D eigenvalue weighted by molar-refractivity contribution is 0.0515. The van der Waals surface area contributed by atoms with Gasteiger partial charge in [-0.25, -0.2) is 4.79 Å². The summed E-state index contributed by atoms with van der Waals surface area (Å²) in [6, 6.07) is 3.68. The molecule has 0 bridgehead atoms. The number of nitrogens with zero attached hydrogens (tertiary/aromatic N) is 1. The van der Waals surface area contributed by atoms with E-state index in [0.29, 0.717) is 23.6 Å². The predicted molar refractivity (Wildman–Crippen MR) is 97.5 cm³/mol. The topological polar surface area (TPSA) is 31.2 Å². The molecule has 0 saturated carbocycles. The molecule has 0 N–H and O–H groups in total. The van der Waals surface area contributed by atoms with Crippen molar-refractivity contribution in [2.24, 2.45) is 0 Å². The minimum absolute atomic E-state index is 0.337. The maximum Gasteiger partial charge on any atom is 0.355 e. The Morgan fingerprint density at radius 3 is 2.82 bits per heavy atom. The monoisotopic (exact) mass is 375 g/mol. The van der Waals surface area contributed by atoms with Crippen molar-refractivity contribution in [3.8, 4) is 0 Å². The van der Waals surface area contributed by atoms with Crippen LogP contribution in [0, 0.1) is 0 Å². The molecule has 2 aromatic rings. The van der Waals surface area contributed by atoms with Gasteiger partial charge in [-0.1, -0.05) is 35.2 Å². The van der Waals surface area contributed by atoms with Crippen molar-refractivity contribution >= 4 is 56.1 Å². The molecule has 0 aliphatic carbocycles. The molecule has 6 heteroatoms. The van der Waals surface area contributed by atoms with Crippen molar-refractivity contribution in [3.05, 3.63) is 53.2 Å². The molecule has 0 unspecified atom stereocenters. The van der Waals surface area contributed by atoms with E-state index in [0.717, 1.165) is 20.3 Å². The van der Waals surface area contributed by atoms with Crippen LogP contribution >= 0.6 is 27.3 Å².